The number of carbonyl (C=O) groups excluding carboxylic acids is 1. The van der Waals surface area contributed by atoms with Crippen LogP contribution in [-0.2, 0) is 4.79 Å². The van der Waals surface area contributed by atoms with Crippen molar-refractivity contribution < 1.29 is 4.79 Å². The number of ketones is 1. The minimum Gasteiger partial charge on any atom is -0.295 e. The van der Waals surface area contributed by atoms with Gasteiger partial charge in [-0.05, 0) is 85.0 Å². The van der Waals surface area contributed by atoms with Crippen molar-refractivity contribution in [2.24, 2.45) is 34.0 Å². The molecule has 1 nitrogen and oxygen atoms in total. The van der Waals surface area contributed by atoms with Gasteiger partial charge in [0, 0.05) is 6.42 Å². The van der Waals surface area contributed by atoms with Gasteiger partial charge in [-0.2, -0.15) is 0 Å². The van der Waals surface area contributed by atoms with Gasteiger partial charge in [0.05, 0.1) is 0 Å². The van der Waals surface area contributed by atoms with Gasteiger partial charge in [0.25, 0.3) is 0 Å². The van der Waals surface area contributed by atoms with Crippen molar-refractivity contribution in [1.82, 2.24) is 0 Å². The molecule has 1 heteroatoms. The van der Waals surface area contributed by atoms with Crippen molar-refractivity contribution >= 4 is 5.78 Å². The highest BCUT2D eigenvalue weighted by molar-refractivity contribution is 5.91. The summed E-state index contributed by atoms with van der Waals surface area (Å²) in [6.45, 7) is 10.1. The molecule has 3 fully saturated rings. The second kappa shape index (κ2) is 4.96. The first-order chi connectivity index (χ1) is 10.8. The number of rotatable bonds is 1. The van der Waals surface area contributed by atoms with E-state index in [0.29, 0.717) is 22.0 Å². The normalized spacial score (nSPS) is 52.4. The number of allylic oxidation sites excluding steroid dienone is 1. The molecular weight excluding hydrogens is 280 g/mol. The van der Waals surface area contributed by atoms with Crippen LogP contribution in [0.3, 0.4) is 0 Å². The van der Waals surface area contributed by atoms with Gasteiger partial charge < -0.3 is 0 Å². The molecule has 0 aromatic heterocycles. The fourth-order valence-corrected chi connectivity index (χ4v) is 7.50. The first-order valence-corrected chi connectivity index (χ1v) is 10.1. The second-order valence-electron chi connectivity index (χ2n) is 9.88. The van der Waals surface area contributed by atoms with Crippen LogP contribution in [0.25, 0.3) is 0 Å². The number of hydrogen-bond donors (Lipinski definition) is 0. The molecule has 4 rings (SSSR count). The van der Waals surface area contributed by atoms with E-state index in [1.165, 1.54) is 50.5 Å². The van der Waals surface area contributed by atoms with E-state index in [2.05, 4.69) is 27.7 Å². The molecule has 0 aliphatic heterocycles. The third-order valence-electron chi connectivity index (χ3n) is 9.52. The van der Waals surface area contributed by atoms with Crippen molar-refractivity contribution in [2.45, 2.75) is 85.5 Å². The van der Waals surface area contributed by atoms with Crippen LogP contribution in [0.2, 0.25) is 0 Å². The van der Waals surface area contributed by atoms with E-state index in [9.17, 15) is 4.79 Å². The lowest BCUT2D eigenvalue weighted by atomic mass is 9.45. The Kier molecular flexibility index (Phi) is 3.43. The Morgan fingerprint density at radius 2 is 1.74 bits per heavy atom. The summed E-state index contributed by atoms with van der Waals surface area (Å²) in [4.78, 5) is 11.9. The molecule has 0 N–H and O–H groups in total. The number of hydrogen-bond acceptors (Lipinski definition) is 1. The van der Waals surface area contributed by atoms with Crippen molar-refractivity contribution in [3.05, 3.63) is 11.6 Å². The average molecular weight is 315 g/mol. The summed E-state index contributed by atoms with van der Waals surface area (Å²) in [5.74, 6) is 3.07. The zero-order valence-electron chi connectivity index (χ0n) is 15.6. The van der Waals surface area contributed by atoms with E-state index < -0.39 is 0 Å². The third-order valence-corrected chi connectivity index (χ3v) is 9.52. The largest absolute Gasteiger partial charge is 0.295 e. The Morgan fingerprint density at radius 3 is 2.48 bits per heavy atom. The summed E-state index contributed by atoms with van der Waals surface area (Å²) in [7, 11) is 0. The lowest BCUT2D eigenvalue weighted by Crippen LogP contribution is -2.52. The maximum absolute atomic E-state index is 11.9. The van der Waals surface area contributed by atoms with E-state index in [1.54, 1.807) is 0 Å². The van der Waals surface area contributed by atoms with Crippen LogP contribution in [0, 0.1) is 34.0 Å². The zero-order chi connectivity index (χ0) is 16.5. The van der Waals surface area contributed by atoms with Crippen LogP contribution in [0.5, 0.6) is 0 Å². The summed E-state index contributed by atoms with van der Waals surface area (Å²) >= 11 is 0. The molecule has 4 unspecified atom stereocenters. The lowest BCUT2D eigenvalue weighted by molar-refractivity contribution is -0.118. The molecule has 128 valence electrons. The van der Waals surface area contributed by atoms with Gasteiger partial charge in [-0.15, -0.1) is 0 Å². The molecule has 0 aromatic rings. The third kappa shape index (κ3) is 1.94. The lowest BCUT2D eigenvalue weighted by Gasteiger charge is -2.59. The first-order valence-electron chi connectivity index (χ1n) is 10.1. The standard InChI is InChI=1S/C22H34O/c1-5-20(2)11-9-19-17-7-6-15-14-16(23)8-12-21(15,3)18(17)10-13-22(19,20)4/h14,17-19H,5-13H2,1-4H3/t17?,18?,19?,20?,21-,22-/m0/s1. The predicted molar refractivity (Wildman–Crippen MR) is 95.1 cm³/mol. The smallest absolute Gasteiger partial charge is 0.155 e. The van der Waals surface area contributed by atoms with Crippen molar-refractivity contribution in [3.8, 4) is 0 Å². The maximum Gasteiger partial charge on any atom is 0.155 e. The van der Waals surface area contributed by atoms with E-state index in [1.807, 2.05) is 6.08 Å². The Labute approximate surface area is 142 Å². The van der Waals surface area contributed by atoms with Crippen LogP contribution < -0.4 is 0 Å². The summed E-state index contributed by atoms with van der Waals surface area (Å²) in [5.41, 5.74) is 2.96. The molecule has 4 aliphatic carbocycles. The van der Waals surface area contributed by atoms with Crippen LogP contribution in [0.15, 0.2) is 11.6 Å². The van der Waals surface area contributed by atoms with Crippen LogP contribution in [-0.4, -0.2) is 5.78 Å². The van der Waals surface area contributed by atoms with Gasteiger partial charge in [-0.1, -0.05) is 39.7 Å². The quantitative estimate of drug-likeness (QED) is 0.586. The van der Waals surface area contributed by atoms with Gasteiger partial charge in [-0.3, -0.25) is 4.79 Å². The first kappa shape index (κ1) is 15.9. The van der Waals surface area contributed by atoms with E-state index in [4.69, 9.17) is 0 Å². The summed E-state index contributed by atoms with van der Waals surface area (Å²) in [6.07, 6.45) is 13.5. The van der Waals surface area contributed by atoms with Crippen LogP contribution in [0.4, 0.5) is 0 Å². The Bertz CT molecular complexity index is 560. The molecule has 0 bridgehead atoms. The Morgan fingerprint density at radius 1 is 1.00 bits per heavy atom. The van der Waals surface area contributed by atoms with Gasteiger partial charge >= 0.3 is 0 Å². The van der Waals surface area contributed by atoms with Gasteiger partial charge in [0.1, 0.15) is 0 Å². The molecule has 0 amide bonds. The summed E-state index contributed by atoms with van der Waals surface area (Å²) in [6, 6.07) is 0. The second-order valence-corrected chi connectivity index (χ2v) is 9.88. The molecule has 0 spiro atoms. The average Bonchev–Trinajstić information content (AvgIpc) is 2.80. The maximum atomic E-state index is 11.9. The molecule has 0 saturated heterocycles. The van der Waals surface area contributed by atoms with Gasteiger partial charge in [-0.25, -0.2) is 0 Å². The highest BCUT2D eigenvalue weighted by atomic mass is 16.1. The summed E-state index contributed by atoms with van der Waals surface area (Å²) < 4.78 is 0. The highest BCUT2D eigenvalue weighted by Gasteiger charge is 2.61. The monoisotopic (exact) mass is 314 g/mol. The molecule has 6 atom stereocenters. The molecule has 0 aromatic carbocycles. The molecule has 0 heterocycles. The topological polar surface area (TPSA) is 17.1 Å². The van der Waals surface area contributed by atoms with E-state index in [-0.39, 0.29) is 0 Å². The molecule has 23 heavy (non-hydrogen) atoms. The Hall–Kier alpha value is -0.590. The van der Waals surface area contributed by atoms with Crippen LogP contribution >= 0.6 is 0 Å². The molecule has 4 aliphatic rings. The SMILES string of the molecule is CCC1(C)CCC2C3CCC4=CC(=O)CC[C@]4(C)C3CC[C@@]21C. The van der Waals surface area contributed by atoms with Gasteiger partial charge in [0.2, 0.25) is 0 Å². The van der Waals surface area contributed by atoms with Crippen molar-refractivity contribution in [1.29, 1.82) is 0 Å². The Balaban J connectivity index is 1.69. The van der Waals surface area contributed by atoms with Crippen LogP contribution in [0.1, 0.15) is 85.5 Å². The van der Waals surface area contributed by atoms with E-state index >= 15 is 0 Å². The molecular formula is C22H34O. The highest BCUT2D eigenvalue weighted by Crippen LogP contribution is 2.70. The number of fused-ring (bicyclic) bond motifs is 5. The summed E-state index contributed by atoms with van der Waals surface area (Å²) in [5, 5.41) is 0. The minimum atomic E-state index is 0.337. The van der Waals surface area contributed by atoms with Gasteiger partial charge in [0.15, 0.2) is 5.78 Å². The molecule has 0 radical (unpaired) electrons. The van der Waals surface area contributed by atoms with Crippen molar-refractivity contribution in [2.75, 3.05) is 0 Å². The number of carbonyl (C=O) groups is 1. The van der Waals surface area contributed by atoms with E-state index in [0.717, 1.165) is 30.6 Å². The zero-order valence-corrected chi connectivity index (χ0v) is 15.6. The van der Waals surface area contributed by atoms with Crippen molar-refractivity contribution in [3.63, 3.8) is 0 Å². The predicted octanol–water partition coefficient (Wildman–Crippen LogP) is 5.93. The molecule has 3 saturated carbocycles. The fraction of sp³-hybridized carbons (Fsp3) is 0.864. The minimum absolute atomic E-state index is 0.337. The fourth-order valence-electron chi connectivity index (χ4n) is 7.50.